The van der Waals surface area contributed by atoms with E-state index in [-0.39, 0.29) is 5.78 Å². The van der Waals surface area contributed by atoms with E-state index in [0.717, 1.165) is 35.8 Å². The summed E-state index contributed by atoms with van der Waals surface area (Å²) in [5, 5.41) is 0. The Hall–Kier alpha value is -3.03. The molecule has 0 fully saturated rings. The summed E-state index contributed by atoms with van der Waals surface area (Å²) in [7, 11) is 3.99. The first-order valence-electron chi connectivity index (χ1n) is 11.0. The van der Waals surface area contributed by atoms with Crippen LogP contribution in [0.1, 0.15) is 31.9 Å². The molecule has 2 aliphatic heterocycles. The third kappa shape index (κ3) is 4.89. The lowest BCUT2D eigenvalue weighted by molar-refractivity contribution is -0.121. The van der Waals surface area contributed by atoms with Crippen LogP contribution in [0.5, 0.6) is 0 Å². The van der Waals surface area contributed by atoms with E-state index < -0.39 is 18.2 Å². The second-order valence-electron chi connectivity index (χ2n) is 8.37. The Morgan fingerprint density at radius 1 is 1.00 bits per heavy atom. The summed E-state index contributed by atoms with van der Waals surface area (Å²) in [6.45, 7) is 7.55. The smallest absolute Gasteiger partial charge is 0.177 e. The van der Waals surface area contributed by atoms with Crippen LogP contribution in [0.4, 0.5) is 11.4 Å². The molecule has 0 bridgehead atoms. The molecule has 170 valence electrons. The molecule has 2 aromatic rings. The van der Waals surface area contributed by atoms with Gasteiger partial charge in [-0.05, 0) is 32.9 Å². The minimum atomic E-state index is -0.627. The van der Waals surface area contributed by atoms with Crippen molar-refractivity contribution in [3.8, 4) is 0 Å². The topological polar surface area (TPSA) is 100 Å². The van der Waals surface area contributed by atoms with E-state index in [0.29, 0.717) is 0 Å². The molecule has 2 unspecified atom stereocenters. The molecule has 2 heterocycles. The van der Waals surface area contributed by atoms with E-state index in [1.807, 2.05) is 43.1 Å². The molecule has 4 rings (SSSR count). The van der Waals surface area contributed by atoms with Gasteiger partial charge in [-0.1, -0.05) is 36.4 Å². The van der Waals surface area contributed by atoms with Crippen molar-refractivity contribution in [2.45, 2.75) is 39.0 Å². The van der Waals surface area contributed by atoms with E-state index in [2.05, 4.69) is 53.1 Å². The van der Waals surface area contributed by atoms with Gasteiger partial charge in [-0.15, -0.1) is 0 Å². The van der Waals surface area contributed by atoms with E-state index >= 15 is 0 Å². The van der Waals surface area contributed by atoms with Gasteiger partial charge in [0.25, 0.3) is 0 Å². The predicted molar refractivity (Wildman–Crippen MR) is 134 cm³/mol. The maximum Gasteiger partial charge on any atom is 0.177 e. The number of carbonyl (C=O) groups is 1. The fourth-order valence-electron chi connectivity index (χ4n) is 4.00. The van der Waals surface area contributed by atoms with Crippen LogP contribution in [0.25, 0.3) is 0 Å². The molecule has 0 saturated carbocycles. The first kappa shape index (κ1) is 23.6. The van der Waals surface area contributed by atoms with Crippen LogP contribution in [-0.2, 0) is 4.79 Å². The number of carbonyl (C=O) groups excluding carboxylic acids is 1. The van der Waals surface area contributed by atoms with Gasteiger partial charge in [0.05, 0.1) is 12.6 Å². The summed E-state index contributed by atoms with van der Waals surface area (Å²) in [5.74, 6) is -0.133. The third-order valence-electron chi connectivity index (χ3n) is 6.01. The fraction of sp³-hybridized carbons (Fsp3) is 0.400. The zero-order chi connectivity index (χ0) is 23.4. The number of likely N-dealkylation sites (N-methyl/N-ethyl adjacent to an activating group) is 2. The maximum absolute atomic E-state index is 12.2. The van der Waals surface area contributed by atoms with Crippen molar-refractivity contribution in [3.05, 3.63) is 59.7 Å². The standard InChI is InChI=1S/C14H20N4O.C11H14N2/c1-8(15)13(19)12-14(16)18(3)11-7-5-4-6-10(11)9(2)17-12;1-9-10-5-3-4-6-11(10)13(2)8-7-12-9/h4-8,12,14H,15-16H2,1-3H3;3-6H,7-8H2,1-2H3/t8-,12?,14?;/m0./s1. The van der Waals surface area contributed by atoms with Gasteiger partial charge in [-0.3, -0.25) is 14.8 Å². The van der Waals surface area contributed by atoms with E-state index in [1.54, 1.807) is 6.92 Å². The molecule has 3 atom stereocenters. The van der Waals surface area contributed by atoms with Crippen molar-refractivity contribution in [1.29, 1.82) is 0 Å². The molecular weight excluding hydrogens is 400 g/mol. The average molecular weight is 435 g/mol. The van der Waals surface area contributed by atoms with Crippen LogP contribution < -0.4 is 21.3 Å². The van der Waals surface area contributed by atoms with Crippen molar-refractivity contribution in [1.82, 2.24) is 0 Å². The normalized spacial score (nSPS) is 21.0. The average Bonchev–Trinajstić information content (AvgIpc) is 3.00. The van der Waals surface area contributed by atoms with E-state index in [1.165, 1.54) is 11.3 Å². The summed E-state index contributed by atoms with van der Waals surface area (Å²) in [6, 6.07) is 15.1. The highest BCUT2D eigenvalue weighted by Gasteiger charge is 2.33. The number of nitrogens with zero attached hydrogens (tertiary/aromatic N) is 4. The van der Waals surface area contributed by atoms with Crippen molar-refractivity contribution < 1.29 is 4.79 Å². The fourth-order valence-corrected chi connectivity index (χ4v) is 4.00. The zero-order valence-corrected chi connectivity index (χ0v) is 19.6. The SMILES string of the molecule is CC1=NC(C(=O)[C@H](C)N)C(N)N(C)c2ccccc21.CC1=NCCN(C)c2ccccc21. The molecule has 0 spiro atoms. The molecular formula is C25H34N6O. The van der Waals surface area contributed by atoms with Gasteiger partial charge in [0.2, 0.25) is 0 Å². The second-order valence-corrected chi connectivity index (χ2v) is 8.37. The first-order chi connectivity index (χ1) is 15.2. The Morgan fingerprint density at radius 3 is 2.19 bits per heavy atom. The summed E-state index contributed by atoms with van der Waals surface area (Å²) in [5.41, 5.74) is 18.4. The van der Waals surface area contributed by atoms with Crippen LogP contribution in [0.3, 0.4) is 0 Å². The lowest BCUT2D eigenvalue weighted by Gasteiger charge is -2.29. The van der Waals surface area contributed by atoms with Crippen LogP contribution in [-0.4, -0.2) is 62.6 Å². The van der Waals surface area contributed by atoms with E-state index in [4.69, 9.17) is 11.5 Å². The number of hydrogen-bond acceptors (Lipinski definition) is 7. The summed E-state index contributed by atoms with van der Waals surface area (Å²) >= 11 is 0. The number of fused-ring (bicyclic) bond motifs is 2. The number of rotatable bonds is 2. The highest BCUT2D eigenvalue weighted by atomic mass is 16.1. The van der Waals surface area contributed by atoms with Crippen LogP contribution in [0.2, 0.25) is 0 Å². The number of anilines is 2. The molecule has 0 aromatic heterocycles. The molecule has 2 aromatic carbocycles. The molecule has 0 radical (unpaired) electrons. The second kappa shape index (κ2) is 10.1. The molecule has 4 N–H and O–H groups in total. The lowest BCUT2D eigenvalue weighted by atomic mass is 10.0. The Kier molecular flexibility index (Phi) is 7.43. The minimum absolute atomic E-state index is 0.133. The predicted octanol–water partition coefficient (Wildman–Crippen LogP) is 2.46. The Morgan fingerprint density at radius 2 is 1.56 bits per heavy atom. The maximum atomic E-state index is 12.2. The van der Waals surface area contributed by atoms with Crippen LogP contribution >= 0.6 is 0 Å². The number of nitrogens with two attached hydrogens (primary N) is 2. The quantitative estimate of drug-likeness (QED) is 0.756. The summed E-state index contributed by atoms with van der Waals surface area (Å²) in [6.07, 6.45) is -0.503. The van der Waals surface area contributed by atoms with Gasteiger partial charge in [0, 0.05) is 54.6 Å². The number of Topliss-reactive ketones (excluding diaryl/α,β-unsaturated/α-hetero) is 1. The summed E-state index contributed by atoms with van der Waals surface area (Å²) in [4.78, 5) is 25.3. The largest absolute Gasteiger partial charge is 0.372 e. The highest BCUT2D eigenvalue weighted by molar-refractivity contribution is 6.06. The number of benzene rings is 2. The number of aliphatic imine (C=N–C) groups is 2. The minimum Gasteiger partial charge on any atom is -0.372 e. The van der Waals surface area contributed by atoms with Crippen LogP contribution in [0, 0.1) is 0 Å². The number of para-hydroxylation sites is 2. The van der Waals surface area contributed by atoms with E-state index in [9.17, 15) is 4.79 Å². The molecule has 7 nitrogen and oxygen atoms in total. The number of hydrogen-bond donors (Lipinski definition) is 2. The highest BCUT2D eigenvalue weighted by Crippen LogP contribution is 2.26. The molecule has 2 aliphatic rings. The van der Waals surface area contributed by atoms with Crippen molar-refractivity contribution >= 4 is 28.6 Å². The van der Waals surface area contributed by atoms with Crippen molar-refractivity contribution in [2.24, 2.45) is 21.5 Å². The van der Waals surface area contributed by atoms with Crippen molar-refractivity contribution in [3.63, 3.8) is 0 Å². The molecule has 0 aliphatic carbocycles. The first-order valence-corrected chi connectivity index (χ1v) is 11.0. The number of ketones is 1. The van der Waals surface area contributed by atoms with Gasteiger partial charge in [-0.25, -0.2) is 0 Å². The molecule has 0 amide bonds. The Balaban J connectivity index is 0.000000193. The van der Waals surface area contributed by atoms with Gasteiger partial charge in [-0.2, -0.15) is 0 Å². The molecule has 32 heavy (non-hydrogen) atoms. The van der Waals surface area contributed by atoms with Crippen LogP contribution in [0.15, 0.2) is 58.5 Å². The monoisotopic (exact) mass is 434 g/mol. The molecule has 7 heteroatoms. The summed E-state index contributed by atoms with van der Waals surface area (Å²) < 4.78 is 0. The number of benzodiazepines with no additional fused rings is 2. The Labute approximate surface area is 190 Å². The van der Waals surface area contributed by atoms with Gasteiger partial charge >= 0.3 is 0 Å². The van der Waals surface area contributed by atoms with Gasteiger partial charge in [0.1, 0.15) is 12.2 Å². The lowest BCUT2D eigenvalue weighted by Crippen LogP contribution is -2.53. The van der Waals surface area contributed by atoms with Gasteiger partial charge in [0.15, 0.2) is 5.78 Å². The van der Waals surface area contributed by atoms with Crippen molar-refractivity contribution in [2.75, 3.05) is 37.0 Å². The Bertz CT molecular complexity index is 1030. The van der Waals surface area contributed by atoms with Gasteiger partial charge < -0.3 is 21.3 Å². The molecule has 0 saturated heterocycles. The third-order valence-corrected chi connectivity index (χ3v) is 6.01. The zero-order valence-electron chi connectivity index (χ0n) is 19.6.